The number of aryl methyl sites for hydroxylation is 2. The summed E-state index contributed by atoms with van der Waals surface area (Å²) in [5.41, 5.74) is 2.15. The van der Waals surface area contributed by atoms with Gasteiger partial charge in [-0.2, -0.15) is 0 Å². The molecule has 0 aliphatic carbocycles. The maximum Gasteiger partial charge on any atom is 0.139 e. The minimum absolute atomic E-state index is 0.0279. The van der Waals surface area contributed by atoms with Gasteiger partial charge in [0.2, 0.25) is 0 Å². The summed E-state index contributed by atoms with van der Waals surface area (Å²) in [4.78, 5) is 11.1. The van der Waals surface area contributed by atoms with Gasteiger partial charge in [0.15, 0.2) is 0 Å². The van der Waals surface area contributed by atoms with Crippen LogP contribution < -0.4 is 5.32 Å². The van der Waals surface area contributed by atoms with Crippen LogP contribution in [0.15, 0.2) is 41.1 Å². The second kappa shape index (κ2) is 5.35. The van der Waals surface area contributed by atoms with E-state index >= 15 is 0 Å². The van der Waals surface area contributed by atoms with Gasteiger partial charge in [-0.25, -0.2) is 9.97 Å². The second-order valence-corrected chi connectivity index (χ2v) is 6.94. The summed E-state index contributed by atoms with van der Waals surface area (Å²) in [6.45, 7) is 6.32. The van der Waals surface area contributed by atoms with Gasteiger partial charge in [0, 0.05) is 10.3 Å². The number of para-hydroxylation sites is 1. The van der Waals surface area contributed by atoms with Crippen molar-refractivity contribution in [3.05, 3.63) is 52.9 Å². The minimum atomic E-state index is 0.0279. The highest BCUT2D eigenvalue weighted by atomic mass is 32.1. The van der Waals surface area contributed by atoms with Crippen molar-refractivity contribution in [3.8, 4) is 0 Å². The number of anilines is 1. The summed E-state index contributed by atoms with van der Waals surface area (Å²) in [6.07, 6.45) is 1.62. The lowest BCUT2D eigenvalue weighted by Crippen LogP contribution is -2.07. The topological polar surface area (TPSA) is 51.0 Å². The molecular weight excluding hydrogens is 306 g/mol. The van der Waals surface area contributed by atoms with E-state index in [0.717, 1.165) is 32.8 Å². The predicted octanol–water partition coefficient (Wildman–Crippen LogP) is 5.23. The molecule has 0 spiro atoms. The van der Waals surface area contributed by atoms with Gasteiger partial charge in [-0.15, -0.1) is 11.3 Å². The molecule has 0 aliphatic rings. The number of aromatic nitrogens is 2. The highest BCUT2D eigenvalue weighted by Crippen LogP contribution is 2.34. The molecule has 23 heavy (non-hydrogen) atoms. The number of furan rings is 1. The number of nitrogens with zero attached hydrogens (tertiary/aromatic N) is 2. The predicted molar refractivity (Wildman–Crippen MR) is 95.1 cm³/mol. The summed E-state index contributed by atoms with van der Waals surface area (Å²) in [7, 11) is 0. The first-order valence-electron chi connectivity index (χ1n) is 7.59. The Hall–Kier alpha value is -2.40. The van der Waals surface area contributed by atoms with Crippen molar-refractivity contribution in [1.82, 2.24) is 9.97 Å². The fourth-order valence-electron chi connectivity index (χ4n) is 2.78. The van der Waals surface area contributed by atoms with Gasteiger partial charge in [-0.1, -0.05) is 18.2 Å². The maximum absolute atomic E-state index is 5.95. The van der Waals surface area contributed by atoms with E-state index in [0.29, 0.717) is 0 Å². The fourth-order valence-corrected chi connectivity index (χ4v) is 3.78. The monoisotopic (exact) mass is 323 g/mol. The molecule has 4 aromatic rings. The zero-order valence-corrected chi connectivity index (χ0v) is 14.1. The molecule has 1 N–H and O–H groups in total. The average Bonchev–Trinajstić information content (AvgIpc) is 3.10. The Balaban J connectivity index is 1.72. The lowest BCUT2D eigenvalue weighted by molar-refractivity contribution is 0.526. The van der Waals surface area contributed by atoms with Gasteiger partial charge < -0.3 is 9.73 Å². The van der Waals surface area contributed by atoms with Gasteiger partial charge >= 0.3 is 0 Å². The normalized spacial score (nSPS) is 12.8. The molecule has 0 saturated carbocycles. The third-order valence-electron chi connectivity index (χ3n) is 4.19. The number of thiophene rings is 1. The van der Waals surface area contributed by atoms with Gasteiger partial charge in [0.05, 0.1) is 11.4 Å². The van der Waals surface area contributed by atoms with Crippen molar-refractivity contribution in [3.63, 3.8) is 0 Å². The molecule has 4 nitrogen and oxygen atoms in total. The molecule has 3 aromatic heterocycles. The molecule has 1 atom stereocenters. The molecule has 4 rings (SSSR count). The molecule has 0 fully saturated rings. The van der Waals surface area contributed by atoms with Crippen molar-refractivity contribution in [2.45, 2.75) is 26.8 Å². The first-order chi connectivity index (χ1) is 11.1. The van der Waals surface area contributed by atoms with Crippen molar-refractivity contribution < 1.29 is 4.42 Å². The average molecular weight is 323 g/mol. The second-order valence-electron chi connectivity index (χ2n) is 5.74. The standard InChI is InChI=1S/C18H17N3OS/c1-10-12(3)23-18-16(10)17(19-9-20-18)21-11(2)15-8-13-6-4-5-7-14(13)22-15/h4-9,11H,1-3H3,(H,19,20,21). The third kappa shape index (κ3) is 2.37. The SMILES string of the molecule is Cc1sc2ncnc(NC(C)c3cc4ccccc4o3)c2c1C. The largest absolute Gasteiger partial charge is 0.459 e. The van der Waals surface area contributed by atoms with Crippen LogP contribution in [0.2, 0.25) is 0 Å². The molecular formula is C18H17N3OS. The quantitative estimate of drug-likeness (QED) is 0.561. The maximum atomic E-state index is 5.95. The first-order valence-corrected chi connectivity index (χ1v) is 8.41. The molecule has 0 amide bonds. The van der Waals surface area contributed by atoms with Gasteiger partial charge in [-0.3, -0.25) is 0 Å². The van der Waals surface area contributed by atoms with Crippen LogP contribution in [0.25, 0.3) is 21.2 Å². The lowest BCUT2D eigenvalue weighted by Gasteiger charge is -2.13. The Morgan fingerprint density at radius 2 is 2.00 bits per heavy atom. The molecule has 1 unspecified atom stereocenters. The van der Waals surface area contributed by atoms with Gasteiger partial charge in [-0.05, 0) is 38.5 Å². The van der Waals surface area contributed by atoms with Crippen LogP contribution in [0.5, 0.6) is 0 Å². The Kier molecular flexibility index (Phi) is 3.31. The van der Waals surface area contributed by atoms with Gasteiger partial charge in [0.25, 0.3) is 0 Å². The van der Waals surface area contributed by atoms with Crippen LogP contribution in [-0.4, -0.2) is 9.97 Å². The van der Waals surface area contributed by atoms with Crippen molar-refractivity contribution in [2.24, 2.45) is 0 Å². The van der Waals surface area contributed by atoms with E-state index in [1.54, 1.807) is 17.7 Å². The van der Waals surface area contributed by atoms with Gasteiger partial charge in [0.1, 0.15) is 28.3 Å². The molecule has 0 aliphatic heterocycles. The van der Waals surface area contributed by atoms with Crippen LogP contribution in [0.4, 0.5) is 5.82 Å². The zero-order valence-electron chi connectivity index (χ0n) is 13.3. The van der Waals surface area contributed by atoms with E-state index in [1.165, 1.54) is 10.4 Å². The van der Waals surface area contributed by atoms with Crippen LogP contribution in [0, 0.1) is 13.8 Å². The number of nitrogens with one attached hydrogen (secondary N) is 1. The van der Waals surface area contributed by atoms with Crippen LogP contribution in [0.3, 0.4) is 0 Å². The van der Waals surface area contributed by atoms with Crippen molar-refractivity contribution >= 4 is 38.3 Å². The molecule has 0 saturated heterocycles. The number of hydrogen-bond acceptors (Lipinski definition) is 5. The summed E-state index contributed by atoms with van der Waals surface area (Å²) in [5.74, 6) is 1.77. The Morgan fingerprint density at radius 3 is 2.83 bits per heavy atom. The Morgan fingerprint density at radius 1 is 1.17 bits per heavy atom. The van der Waals surface area contributed by atoms with E-state index in [2.05, 4.69) is 48.2 Å². The fraction of sp³-hybridized carbons (Fsp3) is 0.222. The number of benzene rings is 1. The van der Waals surface area contributed by atoms with Crippen LogP contribution in [0.1, 0.15) is 29.2 Å². The van der Waals surface area contributed by atoms with Crippen molar-refractivity contribution in [2.75, 3.05) is 5.32 Å². The zero-order chi connectivity index (χ0) is 16.0. The van der Waals surface area contributed by atoms with Crippen LogP contribution >= 0.6 is 11.3 Å². The van der Waals surface area contributed by atoms with E-state index in [-0.39, 0.29) is 6.04 Å². The summed E-state index contributed by atoms with van der Waals surface area (Å²) >= 11 is 1.71. The van der Waals surface area contributed by atoms with E-state index in [1.807, 2.05) is 18.2 Å². The number of fused-ring (bicyclic) bond motifs is 2. The highest BCUT2D eigenvalue weighted by Gasteiger charge is 2.16. The number of hydrogen-bond donors (Lipinski definition) is 1. The lowest BCUT2D eigenvalue weighted by atomic mass is 10.2. The van der Waals surface area contributed by atoms with Crippen molar-refractivity contribution in [1.29, 1.82) is 0 Å². The molecule has 1 aromatic carbocycles. The van der Waals surface area contributed by atoms with E-state index in [4.69, 9.17) is 4.42 Å². The smallest absolute Gasteiger partial charge is 0.139 e. The molecule has 0 bridgehead atoms. The molecule has 116 valence electrons. The summed E-state index contributed by atoms with van der Waals surface area (Å²) < 4.78 is 5.95. The summed E-state index contributed by atoms with van der Waals surface area (Å²) in [6, 6.07) is 10.2. The van der Waals surface area contributed by atoms with Crippen LogP contribution in [-0.2, 0) is 0 Å². The molecule has 0 radical (unpaired) electrons. The van der Waals surface area contributed by atoms with E-state index < -0.39 is 0 Å². The molecule has 5 heteroatoms. The highest BCUT2D eigenvalue weighted by molar-refractivity contribution is 7.18. The minimum Gasteiger partial charge on any atom is -0.459 e. The third-order valence-corrected chi connectivity index (χ3v) is 5.31. The Bertz CT molecular complexity index is 969. The Labute approximate surface area is 138 Å². The number of rotatable bonds is 3. The van der Waals surface area contributed by atoms with E-state index in [9.17, 15) is 0 Å². The molecule has 3 heterocycles. The first kappa shape index (κ1) is 14.2. The summed E-state index contributed by atoms with van der Waals surface area (Å²) in [5, 5.41) is 5.70.